The average molecular weight is 233 g/mol. The largest absolute Gasteiger partial charge is 0.481 e. The molecule has 0 heterocycles. The van der Waals surface area contributed by atoms with Gasteiger partial charge in [0.15, 0.2) is 0 Å². The summed E-state index contributed by atoms with van der Waals surface area (Å²) in [4.78, 5) is 11.1. The molecule has 0 bridgehead atoms. The first-order valence-electron chi connectivity index (χ1n) is 6.27. The second kappa shape index (κ2) is 5.82. The maximum absolute atomic E-state index is 11.1. The lowest BCUT2D eigenvalue weighted by Gasteiger charge is -2.29. The van der Waals surface area contributed by atoms with Gasteiger partial charge in [-0.1, -0.05) is 43.2 Å². The van der Waals surface area contributed by atoms with Gasteiger partial charge in [0.05, 0.1) is 5.92 Å². The second-order valence-corrected chi connectivity index (χ2v) is 4.70. The fraction of sp³-hybridized carbons (Fsp3) is 0.500. The smallest absolute Gasteiger partial charge is 0.308 e. The highest BCUT2D eigenvalue weighted by molar-refractivity contribution is 5.71. The number of carboxylic acids is 1. The summed E-state index contributed by atoms with van der Waals surface area (Å²) in [6.45, 7) is 0.759. The third-order valence-electron chi connectivity index (χ3n) is 3.49. The standard InChI is InChI=1S/C14H19NO2/c16-14(17)12-8-4-5-9-13(12)15-10-11-6-2-1-3-7-11/h1-3,6-7,12-13,15H,4-5,8-10H2,(H,16,17)/t12-,13-/m1/s1. The SMILES string of the molecule is O=C(O)[C@@H]1CCCC[C@H]1NCc1ccccc1. The van der Waals surface area contributed by atoms with Crippen LogP contribution in [0.3, 0.4) is 0 Å². The van der Waals surface area contributed by atoms with Crippen molar-refractivity contribution < 1.29 is 9.90 Å². The van der Waals surface area contributed by atoms with E-state index in [1.165, 1.54) is 5.56 Å². The zero-order valence-corrected chi connectivity index (χ0v) is 9.93. The number of hydrogen-bond donors (Lipinski definition) is 2. The molecule has 1 fully saturated rings. The second-order valence-electron chi connectivity index (χ2n) is 4.70. The van der Waals surface area contributed by atoms with Crippen LogP contribution in [0.15, 0.2) is 30.3 Å². The average Bonchev–Trinajstić information content (AvgIpc) is 2.38. The molecule has 3 nitrogen and oxygen atoms in total. The molecule has 2 N–H and O–H groups in total. The molecule has 2 atom stereocenters. The molecule has 0 unspecified atom stereocenters. The van der Waals surface area contributed by atoms with Crippen molar-refractivity contribution in [3.8, 4) is 0 Å². The fourth-order valence-corrected chi connectivity index (χ4v) is 2.52. The van der Waals surface area contributed by atoms with Gasteiger partial charge in [0.1, 0.15) is 0 Å². The molecule has 92 valence electrons. The Kier molecular flexibility index (Phi) is 4.15. The molecular formula is C14H19NO2. The van der Waals surface area contributed by atoms with Crippen LogP contribution in [0.5, 0.6) is 0 Å². The van der Waals surface area contributed by atoms with Crippen molar-refractivity contribution in [2.45, 2.75) is 38.3 Å². The van der Waals surface area contributed by atoms with Crippen LogP contribution in [0.4, 0.5) is 0 Å². The van der Waals surface area contributed by atoms with Crippen LogP contribution >= 0.6 is 0 Å². The van der Waals surface area contributed by atoms with E-state index in [9.17, 15) is 4.79 Å². The number of rotatable bonds is 4. The van der Waals surface area contributed by atoms with E-state index in [2.05, 4.69) is 17.4 Å². The molecule has 0 radical (unpaired) electrons. The highest BCUT2D eigenvalue weighted by atomic mass is 16.4. The topological polar surface area (TPSA) is 49.3 Å². The van der Waals surface area contributed by atoms with Crippen molar-refractivity contribution in [2.24, 2.45) is 5.92 Å². The quantitative estimate of drug-likeness (QED) is 0.839. The maximum atomic E-state index is 11.1. The number of carbonyl (C=O) groups is 1. The summed E-state index contributed by atoms with van der Waals surface area (Å²) in [5.41, 5.74) is 1.21. The Morgan fingerprint density at radius 3 is 2.65 bits per heavy atom. The lowest BCUT2D eigenvalue weighted by atomic mass is 9.84. The van der Waals surface area contributed by atoms with Crippen molar-refractivity contribution in [3.63, 3.8) is 0 Å². The highest BCUT2D eigenvalue weighted by Gasteiger charge is 2.30. The lowest BCUT2D eigenvalue weighted by Crippen LogP contribution is -2.41. The van der Waals surface area contributed by atoms with Crippen molar-refractivity contribution >= 4 is 5.97 Å². The van der Waals surface area contributed by atoms with E-state index >= 15 is 0 Å². The molecule has 3 heteroatoms. The predicted molar refractivity (Wildman–Crippen MR) is 66.7 cm³/mol. The van der Waals surface area contributed by atoms with Gasteiger partial charge in [-0.15, -0.1) is 0 Å². The molecule has 0 aromatic heterocycles. The van der Waals surface area contributed by atoms with Gasteiger partial charge in [-0.05, 0) is 18.4 Å². The first-order valence-corrected chi connectivity index (χ1v) is 6.27. The molecule has 17 heavy (non-hydrogen) atoms. The van der Waals surface area contributed by atoms with E-state index in [1.54, 1.807) is 0 Å². The van der Waals surface area contributed by atoms with E-state index in [4.69, 9.17) is 5.11 Å². The third kappa shape index (κ3) is 3.30. The summed E-state index contributed by atoms with van der Waals surface area (Å²) in [5, 5.41) is 12.6. The summed E-state index contributed by atoms with van der Waals surface area (Å²) < 4.78 is 0. The first kappa shape index (κ1) is 12.1. The normalized spacial score (nSPS) is 24.5. The van der Waals surface area contributed by atoms with E-state index in [0.29, 0.717) is 0 Å². The third-order valence-corrected chi connectivity index (χ3v) is 3.49. The lowest BCUT2D eigenvalue weighted by molar-refractivity contribution is -0.143. The van der Waals surface area contributed by atoms with Crippen LogP contribution in [0.2, 0.25) is 0 Å². The molecule has 0 spiro atoms. The predicted octanol–water partition coefficient (Wildman–Crippen LogP) is 2.42. The number of benzene rings is 1. The van der Waals surface area contributed by atoms with Crippen LogP contribution in [-0.2, 0) is 11.3 Å². The molecule has 1 saturated carbocycles. The monoisotopic (exact) mass is 233 g/mol. The van der Waals surface area contributed by atoms with Gasteiger partial charge in [0.25, 0.3) is 0 Å². The molecule has 1 aromatic rings. The van der Waals surface area contributed by atoms with Crippen molar-refractivity contribution in [1.29, 1.82) is 0 Å². The van der Waals surface area contributed by atoms with Crippen LogP contribution in [0.1, 0.15) is 31.2 Å². The Morgan fingerprint density at radius 1 is 1.24 bits per heavy atom. The first-order chi connectivity index (χ1) is 8.27. The number of hydrogen-bond acceptors (Lipinski definition) is 2. The summed E-state index contributed by atoms with van der Waals surface area (Å²) in [5.74, 6) is -0.872. The zero-order chi connectivity index (χ0) is 12.1. The molecule has 0 aliphatic heterocycles. The molecule has 0 saturated heterocycles. The van der Waals surface area contributed by atoms with Gasteiger partial charge in [-0.25, -0.2) is 0 Å². The van der Waals surface area contributed by atoms with Crippen LogP contribution in [0.25, 0.3) is 0 Å². The van der Waals surface area contributed by atoms with Crippen molar-refractivity contribution in [3.05, 3.63) is 35.9 Å². The Bertz CT molecular complexity index is 364. The van der Waals surface area contributed by atoms with E-state index in [0.717, 1.165) is 32.2 Å². The minimum atomic E-state index is -0.657. The minimum Gasteiger partial charge on any atom is -0.481 e. The van der Waals surface area contributed by atoms with Crippen LogP contribution in [0, 0.1) is 5.92 Å². The van der Waals surface area contributed by atoms with Crippen molar-refractivity contribution in [1.82, 2.24) is 5.32 Å². The summed E-state index contributed by atoms with van der Waals surface area (Å²) in [7, 11) is 0. The van der Waals surface area contributed by atoms with E-state index in [-0.39, 0.29) is 12.0 Å². The zero-order valence-electron chi connectivity index (χ0n) is 9.93. The Balaban J connectivity index is 1.90. The minimum absolute atomic E-state index is 0.126. The van der Waals surface area contributed by atoms with Gasteiger partial charge in [-0.3, -0.25) is 4.79 Å². The molecule has 1 aliphatic carbocycles. The maximum Gasteiger partial charge on any atom is 0.308 e. The number of carboxylic acid groups (broad SMARTS) is 1. The summed E-state index contributed by atoms with van der Waals surface area (Å²) >= 11 is 0. The Hall–Kier alpha value is -1.35. The summed E-state index contributed by atoms with van der Waals surface area (Å²) in [6, 6.07) is 10.3. The van der Waals surface area contributed by atoms with Crippen LogP contribution < -0.4 is 5.32 Å². The molecular weight excluding hydrogens is 214 g/mol. The molecule has 2 rings (SSSR count). The Labute approximate surface area is 102 Å². The molecule has 0 amide bonds. The van der Waals surface area contributed by atoms with E-state index in [1.807, 2.05) is 18.2 Å². The molecule has 1 aromatic carbocycles. The van der Waals surface area contributed by atoms with Crippen molar-refractivity contribution in [2.75, 3.05) is 0 Å². The van der Waals surface area contributed by atoms with E-state index < -0.39 is 5.97 Å². The van der Waals surface area contributed by atoms with Crippen LogP contribution in [-0.4, -0.2) is 17.1 Å². The summed E-state index contributed by atoms with van der Waals surface area (Å²) in [6.07, 6.45) is 3.96. The number of aliphatic carboxylic acids is 1. The highest BCUT2D eigenvalue weighted by Crippen LogP contribution is 2.24. The van der Waals surface area contributed by atoms with Gasteiger partial charge in [-0.2, -0.15) is 0 Å². The molecule has 1 aliphatic rings. The van der Waals surface area contributed by atoms with Gasteiger partial charge in [0, 0.05) is 12.6 Å². The fourth-order valence-electron chi connectivity index (χ4n) is 2.52. The Morgan fingerprint density at radius 2 is 1.94 bits per heavy atom. The van der Waals surface area contributed by atoms with Gasteiger partial charge in [0.2, 0.25) is 0 Å². The number of nitrogens with one attached hydrogen (secondary N) is 1. The van der Waals surface area contributed by atoms with Gasteiger partial charge < -0.3 is 10.4 Å². The van der Waals surface area contributed by atoms with Gasteiger partial charge >= 0.3 is 5.97 Å².